The monoisotopic (exact) mass is 479 g/mol. The van der Waals surface area contributed by atoms with Crippen LogP contribution in [0.4, 0.5) is 0 Å². The van der Waals surface area contributed by atoms with Gasteiger partial charge in [0, 0.05) is 31.3 Å². The van der Waals surface area contributed by atoms with Crippen LogP contribution in [0.5, 0.6) is 5.88 Å². The molecule has 0 bridgehead atoms. The molecule has 0 fully saturated rings. The van der Waals surface area contributed by atoms with E-state index in [-0.39, 0.29) is 36.8 Å². The minimum absolute atomic E-state index is 0.0335. The molecule has 0 saturated carbocycles. The van der Waals surface area contributed by atoms with Crippen molar-refractivity contribution in [2.75, 3.05) is 47.4 Å². The Labute approximate surface area is 206 Å². The molecule has 3 rings (SSSR count). The Morgan fingerprint density at radius 3 is 2.57 bits per heavy atom. The number of carbonyl (C=O) groups is 2. The maximum absolute atomic E-state index is 13.6. The van der Waals surface area contributed by atoms with Crippen LogP contribution >= 0.6 is 0 Å². The van der Waals surface area contributed by atoms with Crippen molar-refractivity contribution in [1.29, 1.82) is 5.26 Å². The first-order valence-corrected chi connectivity index (χ1v) is 11.6. The number of aromatic nitrogens is 1. The number of nitriles is 1. The van der Waals surface area contributed by atoms with Crippen LogP contribution in [0.3, 0.4) is 0 Å². The quantitative estimate of drug-likeness (QED) is 0.645. The Hall–Kier alpha value is -3.48. The number of amides is 2. The number of pyridine rings is 1. The topological polar surface area (TPSA) is 110 Å². The summed E-state index contributed by atoms with van der Waals surface area (Å²) in [5.41, 5.74) is 2.37. The molecule has 0 saturated heterocycles. The molecule has 186 valence electrons. The molecule has 1 N–H and O–H groups in total. The number of aliphatic hydroxyl groups excluding tert-OH is 1. The molecule has 2 amide bonds. The fourth-order valence-corrected chi connectivity index (χ4v) is 3.98. The van der Waals surface area contributed by atoms with Crippen LogP contribution in [-0.2, 0) is 4.79 Å². The molecule has 1 aromatic heterocycles. The fraction of sp³-hybridized carbons (Fsp3) is 0.462. The summed E-state index contributed by atoms with van der Waals surface area (Å²) in [4.78, 5) is 35.7. The first-order valence-electron chi connectivity index (χ1n) is 11.6. The second-order valence-electron chi connectivity index (χ2n) is 9.40. The molecule has 1 aliphatic heterocycles. The normalized spacial score (nSPS) is 18.7. The summed E-state index contributed by atoms with van der Waals surface area (Å²) in [5.74, 6) is -0.219. The minimum atomic E-state index is -0.403. The molecule has 2 aromatic rings. The predicted molar refractivity (Wildman–Crippen MR) is 132 cm³/mol. The van der Waals surface area contributed by atoms with Gasteiger partial charge in [-0.05, 0) is 44.8 Å². The zero-order valence-electron chi connectivity index (χ0n) is 20.9. The predicted octanol–water partition coefficient (Wildman–Crippen LogP) is 1.86. The van der Waals surface area contributed by atoms with Gasteiger partial charge in [-0.15, -0.1) is 0 Å². The Balaban J connectivity index is 1.99. The molecule has 35 heavy (non-hydrogen) atoms. The lowest BCUT2D eigenvalue weighted by Crippen LogP contribution is -2.51. The van der Waals surface area contributed by atoms with Crippen molar-refractivity contribution in [1.82, 2.24) is 19.7 Å². The number of likely N-dealkylation sites (N-methyl/N-ethyl adjacent to an activating group) is 2. The van der Waals surface area contributed by atoms with Gasteiger partial charge >= 0.3 is 0 Å². The second-order valence-corrected chi connectivity index (χ2v) is 9.40. The van der Waals surface area contributed by atoms with Gasteiger partial charge in [-0.25, -0.2) is 4.98 Å². The van der Waals surface area contributed by atoms with E-state index < -0.39 is 12.1 Å². The van der Waals surface area contributed by atoms with Gasteiger partial charge in [0.15, 0.2) is 0 Å². The Bertz CT molecular complexity index is 1100. The molecule has 0 spiro atoms. The Kier molecular flexibility index (Phi) is 8.43. The molecular formula is C26H33N5O4. The third kappa shape index (κ3) is 6.15. The van der Waals surface area contributed by atoms with Gasteiger partial charge in [-0.2, -0.15) is 5.26 Å². The van der Waals surface area contributed by atoms with Crippen LogP contribution < -0.4 is 4.74 Å². The standard InChI is InChI=1S/C26H33N5O4/c1-17-13-31(18(2)16-32)26(34)22-10-21(20-8-6-19(11-27)7-9-20)12-28-25(22)35-23(17)14-30(5)24(33)15-29(3)4/h6-10,12,17-18,23,32H,13-16H2,1-5H3/t17-,18-,23-/m1/s1. The van der Waals surface area contributed by atoms with E-state index in [1.807, 2.05) is 25.9 Å². The summed E-state index contributed by atoms with van der Waals surface area (Å²) >= 11 is 0. The van der Waals surface area contributed by atoms with Gasteiger partial charge in [0.25, 0.3) is 5.91 Å². The summed E-state index contributed by atoms with van der Waals surface area (Å²) in [6.07, 6.45) is 1.23. The van der Waals surface area contributed by atoms with Crippen molar-refractivity contribution in [3.05, 3.63) is 47.7 Å². The summed E-state index contributed by atoms with van der Waals surface area (Å²) in [5, 5.41) is 18.9. The van der Waals surface area contributed by atoms with E-state index in [0.29, 0.717) is 29.8 Å². The van der Waals surface area contributed by atoms with Crippen molar-refractivity contribution < 1.29 is 19.4 Å². The lowest BCUT2D eigenvalue weighted by molar-refractivity contribution is -0.132. The van der Waals surface area contributed by atoms with Crippen LogP contribution in [0, 0.1) is 17.2 Å². The van der Waals surface area contributed by atoms with Gasteiger partial charge in [0.2, 0.25) is 11.8 Å². The molecule has 0 aliphatic carbocycles. The van der Waals surface area contributed by atoms with E-state index in [2.05, 4.69) is 11.1 Å². The van der Waals surface area contributed by atoms with Crippen LogP contribution in [0.1, 0.15) is 29.8 Å². The third-order valence-electron chi connectivity index (χ3n) is 6.20. The molecule has 2 heterocycles. The zero-order chi connectivity index (χ0) is 25.7. The highest BCUT2D eigenvalue weighted by Crippen LogP contribution is 2.30. The smallest absolute Gasteiger partial charge is 0.259 e. The van der Waals surface area contributed by atoms with Gasteiger partial charge in [0.05, 0.1) is 37.4 Å². The average Bonchev–Trinajstić information content (AvgIpc) is 2.85. The van der Waals surface area contributed by atoms with Crippen molar-refractivity contribution >= 4 is 11.8 Å². The first-order chi connectivity index (χ1) is 16.6. The molecule has 9 nitrogen and oxygen atoms in total. The largest absolute Gasteiger partial charge is 0.472 e. The minimum Gasteiger partial charge on any atom is -0.472 e. The van der Waals surface area contributed by atoms with Crippen molar-refractivity contribution in [2.45, 2.75) is 26.0 Å². The Morgan fingerprint density at radius 2 is 1.97 bits per heavy atom. The molecule has 3 atom stereocenters. The lowest BCUT2D eigenvalue weighted by atomic mass is 9.99. The number of aliphatic hydroxyl groups is 1. The van der Waals surface area contributed by atoms with Crippen LogP contribution in [-0.4, -0.2) is 96.1 Å². The van der Waals surface area contributed by atoms with Gasteiger partial charge in [-0.1, -0.05) is 19.1 Å². The molecule has 9 heteroatoms. The summed E-state index contributed by atoms with van der Waals surface area (Å²) < 4.78 is 6.26. The van der Waals surface area contributed by atoms with Gasteiger partial charge in [0.1, 0.15) is 11.7 Å². The molecule has 0 radical (unpaired) electrons. The number of hydrogen-bond acceptors (Lipinski definition) is 7. The van der Waals surface area contributed by atoms with E-state index >= 15 is 0 Å². The number of benzene rings is 1. The number of nitrogens with zero attached hydrogens (tertiary/aromatic N) is 5. The molecule has 1 aliphatic rings. The summed E-state index contributed by atoms with van der Waals surface area (Å²) in [6, 6.07) is 10.5. The SMILES string of the molecule is C[C@@H]1CN([C@H](C)CO)C(=O)c2cc(-c3ccc(C#N)cc3)cnc2O[C@@H]1CN(C)C(=O)CN(C)C. The van der Waals surface area contributed by atoms with Crippen LogP contribution in [0.15, 0.2) is 36.5 Å². The Morgan fingerprint density at radius 1 is 1.29 bits per heavy atom. The van der Waals surface area contributed by atoms with E-state index in [1.165, 1.54) is 0 Å². The van der Waals surface area contributed by atoms with Crippen molar-refractivity contribution in [2.24, 2.45) is 5.92 Å². The first kappa shape index (κ1) is 26.1. The number of fused-ring (bicyclic) bond motifs is 1. The molecule has 1 aromatic carbocycles. The van der Waals surface area contributed by atoms with Crippen molar-refractivity contribution in [3.8, 4) is 23.1 Å². The fourth-order valence-electron chi connectivity index (χ4n) is 3.98. The van der Waals surface area contributed by atoms with Crippen molar-refractivity contribution in [3.63, 3.8) is 0 Å². The molecule has 0 unspecified atom stereocenters. The average molecular weight is 480 g/mol. The third-order valence-corrected chi connectivity index (χ3v) is 6.20. The number of hydrogen-bond donors (Lipinski definition) is 1. The van der Waals surface area contributed by atoms with Gasteiger partial charge in [-0.3, -0.25) is 9.59 Å². The highest BCUT2D eigenvalue weighted by atomic mass is 16.5. The summed E-state index contributed by atoms with van der Waals surface area (Å²) in [6.45, 7) is 4.57. The highest BCUT2D eigenvalue weighted by Gasteiger charge is 2.34. The second kappa shape index (κ2) is 11.3. The zero-order valence-corrected chi connectivity index (χ0v) is 20.9. The van der Waals surface area contributed by atoms with Crippen LogP contribution in [0.25, 0.3) is 11.1 Å². The summed E-state index contributed by atoms with van der Waals surface area (Å²) in [7, 11) is 5.42. The maximum atomic E-state index is 13.6. The number of ether oxygens (including phenoxy) is 1. The van der Waals surface area contributed by atoms with E-state index in [4.69, 9.17) is 10.00 Å². The van der Waals surface area contributed by atoms with Crippen LogP contribution in [0.2, 0.25) is 0 Å². The maximum Gasteiger partial charge on any atom is 0.259 e. The molecular weight excluding hydrogens is 446 g/mol. The number of carbonyl (C=O) groups excluding carboxylic acids is 2. The van der Waals surface area contributed by atoms with E-state index in [9.17, 15) is 14.7 Å². The van der Waals surface area contributed by atoms with Gasteiger partial charge < -0.3 is 24.5 Å². The highest BCUT2D eigenvalue weighted by molar-refractivity contribution is 5.98. The van der Waals surface area contributed by atoms with E-state index in [1.54, 1.807) is 60.3 Å². The lowest BCUT2D eigenvalue weighted by Gasteiger charge is -2.37. The number of rotatable bonds is 7. The van der Waals surface area contributed by atoms with E-state index in [0.717, 1.165) is 5.56 Å².